The third-order valence-electron chi connectivity index (χ3n) is 11.5. The lowest BCUT2D eigenvalue weighted by Gasteiger charge is -2.20. The molecule has 0 radical (unpaired) electrons. The molecule has 4 nitrogen and oxygen atoms in total. The molecule has 10 rings (SSSR count). The number of nitrogens with zero attached hydrogens (tertiary/aromatic N) is 3. The molecule has 0 aliphatic carbocycles. The van der Waals surface area contributed by atoms with Crippen molar-refractivity contribution in [3.8, 4) is 56.4 Å². The maximum atomic E-state index is 6.50. The quantitative estimate of drug-likeness (QED) is 0.255. The van der Waals surface area contributed by atoms with Crippen LogP contribution in [0.15, 0.2) is 138 Å². The summed E-state index contributed by atoms with van der Waals surface area (Å²) in [5.41, 5.74) is 16.0. The second kappa shape index (κ2) is 13.0. The molecule has 3 heterocycles. The molecule has 10 aromatic rings. The zero-order chi connectivity index (χ0) is 37.4. The van der Waals surface area contributed by atoms with Gasteiger partial charge in [-0.15, -0.1) is 27.7 Å². The van der Waals surface area contributed by atoms with Gasteiger partial charge in [-0.3, -0.25) is 0 Å². The molecule has 0 fully saturated rings. The third-order valence-corrected chi connectivity index (χ3v) is 12.8. The van der Waals surface area contributed by atoms with Crippen LogP contribution in [0.2, 0.25) is 0 Å². The molecule has 0 bridgehead atoms. The van der Waals surface area contributed by atoms with E-state index in [2.05, 4.69) is 136 Å². The van der Waals surface area contributed by atoms with E-state index in [9.17, 15) is 0 Å². The van der Waals surface area contributed by atoms with Gasteiger partial charge >= 0.3 is 0 Å². The van der Waals surface area contributed by atoms with E-state index in [-0.39, 0.29) is 0 Å². The first kappa shape index (κ1) is 33.5. The monoisotopic (exact) mass is 717 g/mol. The van der Waals surface area contributed by atoms with Gasteiger partial charge in [0.1, 0.15) is 50.4 Å². The largest absolute Gasteiger partial charge is 0.456 e. The van der Waals surface area contributed by atoms with Gasteiger partial charge in [-0.2, -0.15) is 0 Å². The van der Waals surface area contributed by atoms with Crippen LogP contribution in [0, 0.1) is 0 Å². The van der Waals surface area contributed by atoms with Gasteiger partial charge < -0.3 is 4.42 Å². The standard InChI is InChI=1S/C45H32B5N3OS/c46-37-35(38(47)40(49)41(50)39(37)48)23-16-18-25(19-17-23)44-51-43(24-8-2-1-3-9-24)52-45(53-44)26-20-21-32-31(22-26)36-28(11-7-14-33(36)54-32)30-13-6-12-29-27-10-4-5-15-34(27)55-42(29)30/h1-22H,46-50H2. The summed E-state index contributed by atoms with van der Waals surface area (Å²) in [6, 6.07) is 46.8. The Bertz CT molecular complexity index is 3130. The van der Waals surface area contributed by atoms with E-state index in [0.29, 0.717) is 17.5 Å². The second-order valence-electron chi connectivity index (χ2n) is 14.5. The van der Waals surface area contributed by atoms with Crippen molar-refractivity contribution in [3.05, 3.63) is 133 Å². The number of furan rings is 1. The summed E-state index contributed by atoms with van der Waals surface area (Å²) in [7, 11) is 11.1. The molecule has 0 saturated heterocycles. The number of fused-ring (bicyclic) bond motifs is 6. The van der Waals surface area contributed by atoms with Crippen molar-refractivity contribution < 1.29 is 4.42 Å². The average Bonchev–Trinajstić information content (AvgIpc) is 3.81. The Morgan fingerprint density at radius 1 is 0.418 bits per heavy atom. The molecule has 0 atom stereocenters. The van der Waals surface area contributed by atoms with Crippen molar-refractivity contribution >= 4 is 120 Å². The number of hydrogen-bond acceptors (Lipinski definition) is 5. The number of benzene rings is 7. The molecule has 55 heavy (non-hydrogen) atoms. The molecule has 0 saturated carbocycles. The van der Waals surface area contributed by atoms with E-state index in [1.807, 2.05) is 47.7 Å². The highest BCUT2D eigenvalue weighted by Gasteiger charge is 2.19. The SMILES string of the molecule is Bc1c(B)c(B)c(-c2ccc(-c3nc(-c4ccccc4)nc(-c4ccc5oc6cccc(-c7cccc8c7sc7ccccc78)c6c5c4)n3)cc2)c(B)c1B. The summed E-state index contributed by atoms with van der Waals surface area (Å²) in [6.07, 6.45) is 0. The van der Waals surface area contributed by atoms with Crippen molar-refractivity contribution in [2.45, 2.75) is 0 Å². The Labute approximate surface area is 327 Å². The third kappa shape index (κ3) is 5.46. The van der Waals surface area contributed by atoms with Gasteiger partial charge in [-0.05, 0) is 47.0 Å². The highest BCUT2D eigenvalue weighted by molar-refractivity contribution is 7.26. The first-order chi connectivity index (χ1) is 26.8. The lowest BCUT2D eigenvalue weighted by molar-refractivity contribution is 0.669. The van der Waals surface area contributed by atoms with Crippen LogP contribution in [-0.2, 0) is 0 Å². The summed E-state index contributed by atoms with van der Waals surface area (Å²) in [5, 5.41) is 4.68. The minimum atomic E-state index is 0.616. The number of rotatable bonds is 5. The van der Waals surface area contributed by atoms with Crippen LogP contribution in [0.5, 0.6) is 0 Å². The molecule has 0 aliphatic heterocycles. The second-order valence-corrected chi connectivity index (χ2v) is 15.6. The van der Waals surface area contributed by atoms with Gasteiger partial charge in [0, 0.05) is 53.2 Å². The maximum absolute atomic E-state index is 6.50. The topological polar surface area (TPSA) is 51.8 Å². The molecule has 0 aliphatic rings. The average molecular weight is 717 g/mol. The number of aromatic nitrogens is 3. The van der Waals surface area contributed by atoms with Gasteiger partial charge in [0.2, 0.25) is 0 Å². The zero-order valence-electron chi connectivity index (χ0n) is 31.4. The van der Waals surface area contributed by atoms with Gasteiger partial charge in [0.25, 0.3) is 0 Å². The zero-order valence-corrected chi connectivity index (χ0v) is 32.2. The fourth-order valence-corrected chi connectivity index (χ4v) is 9.45. The summed E-state index contributed by atoms with van der Waals surface area (Å²) in [6.45, 7) is 0. The smallest absolute Gasteiger partial charge is 0.164 e. The van der Waals surface area contributed by atoms with Crippen molar-refractivity contribution in [1.82, 2.24) is 15.0 Å². The predicted octanol–water partition coefficient (Wildman–Crippen LogP) is 3.77. The van der Waals surface area contributed by atoms with Gasteiger partial charge in [0.15, 0.2) is 17.5 Å². The molecule has 0 spiro atoms. The molecule has 0 amide bonds. The minimum absolute atomic E-state index is 0.616. The van der Waals surface area contributed by atoms with Crippen LogP contribution in [0.4, 0.5) is 0 Å². The Hall–Kier alpha value is -6.11. The highest BCUT2D eigenvalue weighted by Crippen LogP contribution is 2.44. The predicted molar refractivity (Wildman–Crippen MR) is 248 cm³/mol. The molecule has 0 unspecified atom stereocenters. The van der Waals surface area contributed by atoms with E-state index >= 15 is 0 Å². The van der Waals surface area contributed by atoms with Crippen LogP contribution in [0.1, 0.15) is 0 Å². The number of hydrogen-bond donors (Lipinski definition) is 0. The highest BCUT2D eigenvalue weighted by atomic mass is 32.1. The lowest BCUT2D eigenvalue weighted by atomic mass is 9.59. The molecular formula is C45H32B5N3OS. The Morgan fingerprint density at radius 2 is 0.982 bits per heavy atom. The summed E-state index contributed by atoms with van der Waals surface area (Å²) >= 11 is 1.84. The Balaban J connectivity index is 1.13. The van der Waals surface area contributed by atoms with Crippen LogP contribution >= 0.6 is 11.3 Å². The molecule has 7 aromatic carbocycles. The minimum Gasteiger partial charge on any atom is -0.456 e. The summed E-state index contributed by atoms with van der Waals surface area (Å²) < 4.78 is 9.06. The first-order valence-corrected chi connectivity index (χ1v) is 19.5. The normalized spacial score (nSPS) is 11.6. The fraction of sp³-hybridized carbons (Fsp3) is 0. The van der Waals surface area contributed by atoms with Crippen molar-refractivity contribution in [3.63, 3.8) is 0 Å². The molecular weight excluding hydrogens is 685 g/mol. The molecule has 10 heteroatoms. The van der Waals surface area contributed by atoms with E-state index in [1.54, 1.807) is 0 Å². The van der Waals surface area contributed by atoms with Crippen molar-refractivity contribution in [1.29, 1.82) is 0 Å². The van der Waals surface area contributed by atoms with Gasteiger partial charge in [0.05, 0.1) is 0 Å². The fourth-order valence-electron chi connectivity index (χ4n) is 8.22. The van der Waals surface area contributed by atoms with Crippen molar-refractivity contribution in [2.75, 3.05) is 0 Å². The van der Waals surface area contributed by atoms with Crippen LogP contribution in [0.3, 0.4) is 0 Å². The molecule has 3 aromatic heterocycles. The van der Waals surface area contributed by atoms with E-state index < -0.39 is 0 Å². The summed E-state index contributed by atoms with van der Waals surface area (Å²) in [5.74, 6) is 1.88. The molecule has 254 valence electrons. The Morgan fingerprint density at radius 3 is 1.73 bits per heavy atom. The maximum Gasteiger partial charge on any atom is 0.164 e. The van der Waals surface area contributed by atoms with Gasteiger partial charge in [-0.1, -0.05) is 114 Å². The first-order valence-electron chi connectivity index (χ1n) is 18.7. The van der Waals surface area contributed by atoms with E-state index in [0.717, 1.165) is 44.2 Å². The van der Waals surface area contributed by atoms with Crippen molar-refractivity contribution in [2.24, 2.45) is 0 Å². The lowest BCUT2D eigenvalue weighted by Crippen LogP contribution is -2.55. The Kier molecular flexibility index (Phi) is 7.93. The van der Waals surface area contributed by atoms with Crippen LogP contribution in [0.25, 0.3) is 98.5 Å². The number of thiophene rings is 1. The van der Waals surface area contributed by atoms with E-state index in [1.165, 1.54) is 64.2 Å². The van der Waals surface area contributed by atoms with Crippen LogP contribution in [-0.4, -0.2) is 54.2 Å². The van der Waals surface area contributed by atoms with E-state index in [4.69, 9.17) is 19.4 Å². The van der Waals surface area contributed by atoms with Gasteiger partial charge in [-0.25, -0.2) is 15.0 Å². The molecule has 0 N–H and O–H groups in total. The van der Waals surface area contributed by atoms with Crippen LogP contribution < -0.4 is 27.3 Å². The summed E-state index contributed by atoms with van der Waals surface area (Å²) in [4.78, 5) is 15.3.